The minimum absolute atomic E-state index is 0.0845. The van der Waals surface area contributed by atoms with Crippen LogP contribution in [0.3, 0.4) is 0 Å². The summed E-state index contributed by atoms with van der Waals surface area (Å²) in [5, 5.41) is 3.00. The van der Waals surface area contributed by atoms with Crippen molar-refractivity contribution < 1.29 is 8.78 Å². The topological polar surface area (TPSA) is 12.0 Å². The normalized spacial score (nSPS) is 35.1. The summed E-state index contributed by atoms with van der Waals surface area (Å²) in [6.07, 6.45) is 4.97. The number of piperidine rings is 1. The fraction of sp³-hybridized carbons (Fsp3) is 1.00. The van der Waals surface area contributed by atoms with Crippen LogP contribution < -0.4 is 5.32 Å². The highest BCUT2D eigenvalue weighted by Gasteiger charge is 2.45. The fourth-order valence-corrected chi connectivity index (χ4v) is 2.69. The molecule has 0 spiro atoms. The van der Waals surface area contributed by atoms with E-state index in [1.165, 1.54) is 0 Å². The molecule has 13 heavy (non-hydrogen) atoms. The van der Waals surface area contributed by atoms with E-state index in [-0.39, 0.29) is 12.3 Å². The van der Waals surface area contributed by atoms with Crippen molar-refractivity contribution in [1.29, 1.82) is 0 Å². The van der Waals surface area contributed by atoms with Gasteiger partial charge in [0.15, 0.2) is 0 Å². The molecule has 1 N–H and O–H groups in total. The third kappa shape index (κ3) is 1.85. The van der Waals surface area contributed by atoms with E-state index in [0.29, 0.717) is 6.42 Å². The zero-order valence-electron chi connectivity index (χ0n) is 7.86. The van der Waals surface area contributed by atoms with Gasteiger partial charge in [-0.15, -0.1) is 0 Å². The zero-order chi connectivity index (χ0) is 9.31. The Hall–Kier alpha value is -0.180. The molecular formula is C10H17F2N. The van der Waals surface area contributed by atoms with Gasteiger partial charge in [-0.2, -0.15) is 0 Å². The molecule has 1 saturated carbocycles. The van der Waals surface area contributed by atoms with E-state index in [2.05, 4.69) is 5.32 Å². The molecule has 1 aliphatic heterocycles. The van der Waals surface area contributed by atoms with Gasteiger partial charge < -0.3 is 5.32 Å². The molecule has 0 aromatic heterocycles. The summed E-state index contributed by atoms with van der Waals surface area (Å²) < 4.78 is 26.9. The molecule has 0 aromatic rings. The average Bonchev–Trinajstić information content (AvgIpc) is 2.55. The van der Waals surface area contributed by atoms with E-state index in [9.17, 15) is 8.78 Å². The van der Waals surface area contributed by atoms with E-state index in [4.69, 9.17) is 0 Å². The van der Waals surface area contributed by atoms with E-state index in [1.54, 1.807) is 0 Å². The van der Waals surface area contributed by atoms with Crippen molar-refractivity contribution in [3.05, 3.63) is 0 Å². The molecule has 1 aliphatic carbocycles. The van der Waals surface area contributed by atoms with Gasteiger partial charge >= 0.3 is 0 Å². The van der Waals surface area contributed by atoms with Crippen LogP contribution in [0.1, 0.15) is 38.5 Å². The molecule has 3 heteroatoms. The van der Waals surface area contributed by atoms with Crippen molar-refractivity contribution in [3.8, 4) is 0 Å². The molecule has 0 amide bonds. The van der Waals surface area contributed by atoms with Gasteiger partial charge in [-0.05, 0) is 31.7 Å². The summed E-state index contributed by atoms with van der Waals surface area (Å²) in [6, 6.07) is -0.524. The highest BCUT2D eigenvalue weighted by atomic mass is 19.3. The highest BCUT2D eigenvalue weighted by Crippen LogP contribution is 2.38. The predicted molar refractivity (Wildman–Crippen MR) is 47.9 cm³/mol. The van der Waals surface area contributed by atoms with Crippen LogP contribution in [-0.2, 0) is 0 Å². The Bertz CT molecular complexity index is 176. The Morgan fingerprint density at radius 2 is 1.77 bits per heavy atom. The molecule has 1 saturated heterocycles. The maximum Gasteiger partial charge on any atom is 0.263 e. The van der Waals surface area contributed by atoms with Crippen LogP contribution in [-0.4, -0.2) is 18.5 Å². The molecule has 1 nitrogen and oxygen atoms in total. The number of halogens is 2. The van der Waals surface area contributed by atoms with Crippen molar-refractivity contribution in [3.63, 3.8) is 0 Å². The molecule has 76 valence electrons. The van der Waals surface area contributed by atoms with Gasteiger partial charge in [0, 0.05) is 6.42 Å². The van der Waals surface area contributed by atoms with Crippen LogP contribution in [0.4, 0.5) is 8.78 Å². The Labute approximate surface area is 77.9 Å². The molecule has 1 heterocycles. The van der Waals surface area contributed by atoms with Crippen molar-refractivity contribution in [2.45, 2.75) is 50.5 Å². The molecule has 2 rings (SSSR count). The summed E-state index contributed by atoms with van der Waals surface area (Å²) in [7, 11) is 0. The van der Waals surface area contributed by atoms with Crippen LogP contribution in [0.15, 0.2) is 0 Å². The number of hydrogen-bond donors (Lipinski definition) is 1. The van der Waals surface area contributed by atoms with Gasteiger partial charge in [0.2, 0.25) is 0 Å². The smallest absolute Gasteiger partial charge is 0.263 e. The second-order valence-corrected chi connectivity index (χ2v) is 4.34. The van der Waals surface area contributed by atoms with Crippen LogP contribution in [0, 0.1) is 5.92 Å². The summed E-state index contributed by atoms with van der Waals surface area (Å²) in [4.78, 5) is 0. The van der Waals surface area contributed by atoms with Crippen molar-refractivity contribution in [1.82, 2.24) is 5.32 Å². The Morgan fingerprint density at radius 1 is 1.08 bits per heavy atom. The second kappa shape index (κ2) is 3.52. The first-order valence-corrected chi connectivity index (χ1v) is 5.31. The molecule has 2 fully saturated rings. The molecular weight excluding hydrogens is 172 g/mol. The average molecular weight is 189 g/mol. The summed E-state index contributed by atoms with van der Waals surface area (Å²) >= 11 is 0. The van der Waals surface area contributed by atoms with Crippen molar-refractivity contribution in [2.75, 3.05) is 6.54 Å². The van der Waals surface area contributed by atoms with Crippen LogP contribution >= 0.6 is 0 Å². The number of rotatable bonds is 1. The van der Waals surface area contributed by atoms with Crippen LogP contribution in [0.5, 0.6) is 0 Å². The van der Waals surface area contributed by atoms with Gasteiger partial charge in [-0.25, -0.2) is 8.78 Å². The Kier molecular flexibility index (Phi) is 2.54. The first-order chi connectivity index (χ1) is 6.20. The molecule has 2 aliphatic rings. The summed E-state index contributed by atoms with van der Waals surface area (Å²) in [6.45, 7) is 0.775. The largest absolute Gasteiger partial charge is 0.308 e. The van der Waals surface area contributed by atoms with Gasteiger partial charge in [0.05, 0.1) is 6.04 Å². The minimum Gasteiger partial charge on any atom is -0.308 e. The number of alkyl halides is 2. The number of nitrogens with one attached hydrogen (secondary N) is 1. The third-order valence-corrected chi connectivity index (χ3v) is 3.38. The lowest BCUT2D eigenvalue weighted by Gasteiger charge is -2.36. The SMILES string of the molecule is FC1(F)CCCNC1C1CCCC1. The van der Waals surface area contributed by atoms with Gasteiger partial charge in [0.25, 0.3) is 5.92 Å². The third-order valence-electron chi connectivity index (χ3n) is 3.38. The molecule has 1 atom stereocenters. The van der Waals surface area contributed by atoms with Crippen LogP contribution in [0.25, 0.3) is 0 Å². The quantitative estimate of drug-likeness (QED) is 0.668. The fourth-order valence-electron chi connectivity index (χ4n) is 2.69. The first kappa shape index (κ1) is 9.38. The van der Waals surface area contributed by atoms with E-state index in [0.717, 1.165) is 32.2 Å². The minimum atomic E-state index is -2.45. The molecule has 1 unspecified atom stereocenters. The lowest BCUT2D eigenvalue weighted by molar-refractivity contribution is -0.0777. The maximum atomic E-state index is 13.5. The molecule has 0 bridgehead atoms. The monoisotopic (exact) mass is 189 g/mol. The van der Waals surface area contributed by atoms with E-state index >= 15 is 0 Å². The first-order valence-electron chi connectivity index (χ1n) is 5.31. The standard InChI is InChI=1S/C10H17F2N/c11-10(12)6-3-7-13-9(10)8-4-1-2-5-8/h8-9,13H,1-7H2. The van der Waals surface area contributed by atoms with Crippen LogP contribution in [0.2, 0.25) is 0 Å². The van der Waals surface area contributed by atoms with Gasteiger partial charge in [-0.1, -0.05) is 12.8 Å². The second-order valence-electron chi connectivity index (χ2n) is 4.34. The number of hydrogen-bond acceptors (Lipinski definition) is 1. The van der Waals surface area contributed by atoms with Crippen molar-refractivity contribution in [2.24, 2.45) is 5.92 Å². The summed E-state index contributed by atoms with van der Waals surface area (Å²) in [5.74, 6) is -2.22. The highest BCUT2D eigenvalue weighted by molar-refractivity contribution is 4.93. The van der Waals surface area contributed by atoms with Gasteiger partial charge in [0.1, 0.15) is 0 Å². The molecule has 0 aromatic carbocycles. The Balaban J connectivity index is 2.02. The van der Waals surface area contributed by atoms with E-state index < -0.39 is 12.0 Å². The zero-order valence-corrected chi connectivity index (χ0v) is 7.86. The maximum absolute atomic E-state index is 13.5. The lowest BCUT2D eigenvalue weighted by atomic mass is 9.88. The molecule has 0 radical (unpaired) electrons. The predicted octanol–water partition coefficient (Wildman–Crippen LogP) is 2.56. The lowest BCUT2D eigenvalue weighted by Crippen LogP contribution is -2.53. The van der Waals surface area contributed by atoms with E-state index in [1.807, 2.05) is 0 Å². The van der Waals surface area contributed by atoms with Crippen molar-refractivity contribution >= 4 is 0 Å². The van der Waals surface area contributed by atoms with Gasteiger partial charge in [-0.3, -0.25) is 0 Å². The summed E-state index contributed by atoms with van der Waals surface area (Å²) in [5.41, 5.74) is 0. The Morgan fingerprint density at radius 3 is 2.38 bits per heavy atom.